The maximum Gasteiger partial charge on any atom is 0.353 e. The molecule has 0 unspecified atom stereocenters. The zero-order valence-electron chi connectivity index (χ0n) is 14.2. The molecule has 0 spiro atoms. The van der Waals surface area contributed by atoms with Gasteiger partial charge in [-0.2, -0.15) is 0 Å². The predicted molar refractivity (Wildman–Crippen MR) is 96.8 cm³/mol. The zero-order valence-corrected chi connectivity index (χ0v) is 14.2. The van der Waals surface area contributed by atoms with Crippen molar-refractivity contribution >= 4 is 28.8 Å². The number of nitrogens with zero attached hydrogens (tertiary/aromatic N) is 4. The number of nitrogens with one attached hydrogen (secondary N) is 2. The minimum absolute atomic E-state index is 0.0383. The summed E-state index contributed by atoms with van der Waals surface area (Å²) in [5.74, 6) is 1.70. The maximum absolute atomic E-state index is 11.7. The number of fused-ring (bicyclic) bond motifs is 1. The average Bonchev–Trinajstić information content (AvgIpc) is 3.09. The molecule has 10 heteroatoms. The van der Waals surface area contributed by atoms with Gasteiger partial charge in [0.05, 0.1) is 4.92 Å². The third-order valence-electron chi connectivity index (χ3n) is 3.80. The largest absolute Gasteiger partial charge is 0.454 e. The summed E-state index contributed by atoms with van der Waals surface area (Å²) in [7, 11) is 0. The molecule has 4 rings (SSSR count). The summed E-state index contributed by atoms with van der Waals surface area (Å²) in [6.07, 6.45) is 2.84. The van der Waals surface area contributed by atoms with E-state index >= 15 is 0 Å². The molecule has 0 bridgehead atoms. The van der Waals surface area contributed by atoms with Crippen LogP contribution in [0.5, 0.6) is 11.5 Å². The van der Waals surface area contributed by atoms with Crippen molar-refractivity contribution in [2.45, 2.75) is 6.92 Å². The van der Waals surface area contributed by atoms with Gasteiger partial charge in [-0.1, -0.05) is 0 Å². The number of aromatic nitrogens is 3. The van der Waals surface area contributed by atoms with E-state index in [2.05, 4.69) is 25.6 Å². The van der Waals surface area contributed by atoms with Gasteiger partial charge >= 0.3 is 5.69 Å². The molecule has 0 atom stereocenters. The number of anilines is 4. The number of aryl methyl sites for hydroxylation is 1. The van der Waals surface area contributed by atoms with Crippen LogP contribution in [-0.4, -0.2) is 26.7 Å². The Morgan fingerprint density at radius 2 is 1.81 bits per heavy atom. The lowest BCUT2D eigenvalue weighted by Gasteiger charge is -2.10. The Labute approximate surface area is 153 Å². The summed E-state index contributed by atoms with van der Waals surface area (Å²) in [4.78, 5) is 23.3. The minimum atomic E-state index is -0.548. The van der Waals surface area contributed by atoms with Gasteiger partial charge in [0.1, 0.15) is 12.1 Å². The molecule has 3 aromatic rings. The maximum atomic E-state index is 11.7. The first-order chi connectivity index (χ1) is 13.1. The number of benzene rings is 1. The van der Waals surface area contributed by atoms with E-state index in [-0.39, 0.29) is 24.1 Å². The zero-order chi connectivity index (χ0) is 18.8. The molecule has 1 aromatic carbocycles. The molecule has 0 saturated heterocycles. The normalized spacial score (nSPS) is 11.9. The highest BCUT2D eigenvalue weighted by Gasteiger charge is 2.24. The van der Waals surface area contributed by atoms with E-state index in [1.807, 2.05) is 13.0 Å². The highest BCUT2D eigenvalue weighted by Crippen LogP contribution is 2.37. The average molecular weight is 366 g/mol. The molecule has 2 N–H and O–H groups in total. The Balaban J connectivity index is 1.67. The van der Waals surface area contributed by atoms with Crippen LogP contribution >= 0.6 is 0 Å². The second-order valence-electron chi connectivity index (χ2n) is 5.71. The first-order valence-corrected chi connectivity index (χ1v) is 7.96. The molecular weight excluding hydrogens is 352 g/mol. The van der Waals surface area contributed by atoms with Crippen molar-refractivity contribution in [3.8, 4) is 11.5 Å². The van der Waals surface area contributed by atoms with Gasteiger partial charge in [0.15, 0.2) is 11.5 Å². The van der Waals surface area contributed by atoms with E-state index in [0.29, 0.717) is 23.0 Å². The number of ether oxygens (including phenoxy) is 2. The van der Waals surface area contributed by atoms with Gasteiger partial charge in [-0.25, -0.2) is 15.0 Å². The number of hydrogen-bond donors (Lipinski definition) is 2. The summed E-state index contributed by atoms with van der Waals surface area (Å²) in [5, 5.41) is 17.5. The lowest BCUT2D eigenvalue weighted by molar-refractivity contribution is -0.383. The molecule has 1 aliphatic rings. The Kier molecular flexibility index (Phi) is 4.13. The first-order valence-electron chi connectivity index (χ1n) is 7.96. The second-order valence-corrected chi connectivity index (χ2v) is 5.71. The molecule has 0 aliphatic carbocycles. The van der Waals surface area contributed by atoms with Crippen molar-refractivity contribution in [3.05, 3.63) is 58.5 Å². The molecule has 2 aromatic heterocycles. The van der Waals surface area contributed by atoms with Crippen molar-refractivity contribution in [1.82, 2.24) is 15.0 Å². The number of pyridine rings is 1. The highest BCUT2D eigenvalue weighted by molar-refractivity contribution is 5.76. The summed E-state index contributed by atoms with van der Waals surface area (Å²) in [6.45, 7) is 2.04. The van der Waals surface area contributed by atoms with E-state index in [1.165, 1.54) is 6.33 Å². The quantitative estimate of drug-likeness (QED) is 0.517. The number of nitro groups is 1. The van der Waals surface area contributed by atoms with Crippen LogP contribution in [0.25, 0.3) is 0 Å². The fourth-order valence-electron chi connectivity index (χ4n) is 2.57. The van der Waals surface area contributed by atoms with Crippen LogP contribution in [0.2, 0.25) is 0 Å². The Morgan fingerprint density at radius 3 is 2.59 bits per heavy atom. The summed E-state index contributed by atoms with van der Waals surface area (Å²) >= 11 is 0. The Morgan fingerprint density at radius 1 is 1.04 bits per heavy atom. The number of rotatable bonds is 5. The molecule has 0 fully saturated rings. The van der Waals surface area contributed by atoms with Crippen molar-refractivity contribution in [2.24, 2.45) is 0 Å². The molecule has 136 valence electrons. The molecule has 0 saturated carbocycles. The van der Waals surface area contributed by atoms with Crippen LogP contribution in [0, 0.1) is 17.0 Å². The molecular formula is C17H14N6O4. The van der Waals surface area contributed by atoms with Gasteiger partial charge in [0.2, 0.25) is 18.4 Å². The van der Waals surface area contributed by atoms with E-state index in [1.54, 1.807) is 30.5 Å². The van der Waals surface area contributed by atoms with Crippen molar-refractivity contribution in [3.63, 3.8) is 0 Å². The van der Waals surface area contributed by atoms with Gasteiger partial charge < -0.3 is 20.1 Å². The van der Waals surface area contributed by atoms with Crippen LogP contribution < -0.4 is 20.1 Å². The van der Waals surface area contributed by atoms with Crippen LogP contribution in [0.3, 0.4) is 0 Å². The monoisotopic (exact) mass is 366 g/mol. The second kappa shape index (κ2) is 6.75. The lowest BCUT2D eigenvalue weighted by Crippen LogP contribution is -2.06. The van der Waals surface area contributed by atoms with Crippen LogP contribution in [-0.2, 0) is 0 Å². The molecule has 27 heavy (non-hydrogen) atoms. The van der Waals surface area contributed by atoms with Crippen molar-refractivity contribution in [1.29, 1.82) is 0 Å². The fraction of sp³-hybridized carbons (Fsp3) is 0.118. The standard InChI is InChI=1S/C17H14N6O4/c1-10-4-5-18-14(6-10)22-17-15(23(24)25)16(19-8-20-17)21-11-2-3-12-13(7-11)27-9-26-12/h2-8H,9H2,1H3,(H2,18,19,20,21,22). The molecule has 0 radical (unpaired) electrons. The van der Waals surface area contributed by atoms with Gasteiger partial charge in [-0.05, 0) is 36.8 Å². The van der Waals surface area contributed by atoms with Gasteiger partial charge in [-0.15, -0.1) is 0 Å². The van der Waals surface area contributed by atoms with Crippen molar-refractivity contribution in [2.75, 3.05) is 17.4 Å². The summed E-state index contributed by atoms with van der Waals surface area (Å²) in [6, 6.07) is 8.70. The van der Waals surface area contributed by atoms with Crippen molar-refractivity contribution < 1.29 is 14.4 Å². The fourth-order valence-corrected chi connectivity index (χ4v) is 2.57. The number of hydrogen-bond acceptors (Lipinski definition) is 9. The van der Waals surface area contributed by atoms with Gasteiger partial charge in [0.25, 0.3) is 0 Å². The van der Waals surface area contributed by atoms with E-state index in [0.717, 1.165) is 5.56 Å². The molecule has 1 aliphatic heterocycles. The van der Waals surface area contributed by atoms with Crippen LogP contribution in [0.15, 0.2) is 42.9 Å². The van der Waals surface area contributed by atoms with E-state index in [9.17, 15) is 10.1 Å². The summed E-state index contributed by atoms with van der Waals surface area (Å²) in [5.41, 5.74) is 1.24. The lowest BCUT2D eigenvalue weighted by atomic mass is 10.2. The molecule has 3 heterocycles. The topological polar surface area (TPSA) is 124 Å². The summed E-state index contributed by atoms with van der Waals surface area (Å²) < 4.78 is 10.6. The van der Waals surface area contributed by atoms with Crippen LogP contribution in [0.4, 0.5) is 28.8 Å². The highest BCUT2D eigenvalue weighted by atomic mass is 16.7. The van der Waals surface area contributed by atoms with E-state index < -0.39 is 4.92 Å². The third-order valence-corrected chi connectivity index (χ3v) is 3.80. The SMILES string of the molecule is Cc1ccnc(Nc2ncnc(Nc3ccc4c(c3)OCO4)c2[N+](=O)[O-])c1. The first kappa shape index (κ1) is 16.5. The predicted octanol–water partition coefficient (Wildman–Crippen LogP) is 3.30. The Hall–Kier alpha value is -3.95. The smallest absolute Gasteiger partial charge is 0.353 e. The minimum Gasteiger partial charge on any atom is -0.454 e. The molecule has 10 nitrogen and oxygen atoms in total. The Bertz CT molecular complexity index is 1030. The third kappa shape index (κ3) is 3.40. The van der Waals surface area contributed by atoms with Crippen LogP contribution in [0.1, 0.15) is 5.56 Å². The van der Waals surface area contributed by atoms with Gasteiger partial charge in [0, 0.05) is 18.0 Å². The molecule has 0 amide bonds. The van der Waals surface area contributed by atoms with Gasteiger partial charge in [-0.3, -0.25) is 10.1 Å². The van der Waals surface area contributed by atoms with E-state index in [4.69, 9.17) is 9.47 Å².